The Morgan fingerprint density at radius 1 is 1.32 bits per heavy atom. The number of amides is 1. The molecule has 0 atom stereocenters. The Morgan fingerprint density at radius 3 is 2.84 bits per heavy atom. The zero-order valence-corrected chi connectivity index (χ0v) is 19.9. The lowest BCUT2D eigenvalue weighted by atomic mass is 10.00. The van der Waals surface area contributed by atoms with Gasteiger partial charge in [-0.3, -0.25) is 9.48 Å². The lowest BCUT2D eigenvalue weighted by Crippen LogP contribution is -2.28. The second kappa shape index (κ2) is 9.58. The fraction of sp³-hybridized carbons (Fsp3) is 0.261. The maximum absolute atomic E-state index is 13.2. The van der Waals surface area contributed by atoms with Crippen LogP contribution >= 0.6 is 0 Å². The van der Waals surface area contributed by atoms with Gasteiger partial charge in [-0.1, -0.05) is 6.42 Å². The van der Waals surface area contributed by atoms with Gasteiger partial charge in [-0.2, -0.15) is 24.2 Å². The van der Waals surface area contributed by atoms with Crippen LogP contribution in [-0.4, -0.2) is 50.6 Å². The molecule has 5 rings (SSSR count). The summed E-state index contributed by atoms with van der Waals surface area (Å²) in [5.74, 6) is -0.959. The van der Waals surface area contributed by atoms with Gasteiger partial charge < -0.3 is 10.1 Å². The van der Waals surface area contributed by atoms with Crippen LogP contribution in [0.3, 0.4) is 0 Å². The smallest absolute Gasteiger partial charge is 0.387 e. The molecule has 1 N–H and O–H groups in total. The number of benzene rings is 1. The minimum atomic E-state index is -3.71. The molecule has 0 spiro atoms. The van der Waals surface area contributed by atoms with E-state index < -0.39 is 27.6 Å². The number of aromatic nitrogens is 5. The predicted octanol–water partition coefficient (Wildman–Crippen LogP) is 3.30. The summed E-state index contributed by atoms with van der Waals surface area (Å²) in [6.07, 6.45) is 7.57. The molecule has 1 amide bonds. The molecule has 1 fully saturated rings. The van der Waals surface area contributed by atoms with Crippen molar-refractivity contribution in [3.8, 4) is 23.1 Å². The third kappa shape index (κ3) is 4.60. The van der Waals surface area contributed by atoms with Gasteiger partial charge in [-0.25, -0.2) is 17.9 Å². The van der Waals surface area contributed by atoms with E-state index in [-0.39, 0.29) is 45.3 Å². The Morgan fingerprint density at radius 2 is 2.14 bits per heavy atom. The normalized spacial score (nSPS) is 13.9. The molecular weight excluding hydrogens is 508 g/mol. The first-order valence-corrected chi connectivity index (χ1v) is 12.7. The van der Waals surface area contributed by atoms with Crippen molar-refractivity contribution in [1.29, 1.82) is 5.26 Å². The molecule has 4 aromatic rings. The molecule has 1 saturated carbocycles. The number of anilines is 1. The van der Waals surface area contributed by atoms with E-state index in [1.165, 1.54) is 39.9 Å². The number of carbonyl (C=O) groups is 1. The monoisotopic (exact) mass is 527 g/mol. The van der Waals surface area contributed by atoms with E-state index in [1.807, 2.05) is 6.07 Å². The van der Waals surface area contributed by atoms with Crippen molar-refractivity contribution in [1.82, 2.24) is 24.4 Å². The van der Waals surface area contributed by atoms with Crippen LogP contribution in [-0.2, 0) is 16.4 Å². The van der Waals surface area contributed by atoms with Gasteiger partial charge in [0.1, 0.15) is 23.6 Å². The SMILES string of the molecule is N#CCn1cc(NC(=O)c2cnn3cccnc23)c(-c2cc(S(=O)(=O)C3CCC3)ccc2OC(F)F)n1. The van der Waals surface area contributed by atoms with Gasteiger partial charge in [-0.15, -0.1) is 0 Å². The van der Waals surface area contributed by atoms with Crippen LogP contribution in [0.2, 0.25) is 0 Å². The van der Waals surface area contributed by atoms with E-state index in [0.29, 0.717) is 12.8 Å². The van der Waals surface area contributed by atoms with E-state index >= 15 is 0 Å². The Kier molecular flexibility index (Phi) is 6.30. The molecule has 3 heterocycles. The molecule has 11 nitrogen and oxygen atoms in total. The van der Waals surface area contributed by atoms with Crippen LogP contribution in [0.1, 0.15) is 29.6 Å². The molecule has 1 aliphatic carbocycles. The number of nitrogens with zero attached hydrogens (tertiary/aromatic N) is 6. The fourth-order valence-electron chi connectivity index (χ4n) is 3.99. The number of sulfone groups is 1. The van der Waals surface area contributed by atoms with Gasteiger partial charge in [-0.05, 0) is 37.1 Å². The van der Waals surface area contributed by atoms with Crippen molar-refractivity contribution in [3.05, 3.63) is 54.6 Å². The molecule has 3 aromatic heterocycles. The maximum Gasteiger partial charge on any atom is 0.387 e. The molecule has 0 unspecified atom stereocenters. The number of carbonyl (C=O) groups excluding carboxylic acids is 1. The zero-order valence-electron chi connectivity index (χ0n) is 19.1. The first-order chi connectivity index (χ1) is 17.8. The molecule has 14 heteroatoms. The number of hydrogen-bond acceptors (Lipinski definition) is 8. The van der Waals surface area contributed by atoms with Crippen LogP contribution in [0.4, 0.5) is 14.5 Å². The van der Waals surface area contributed by atoms with Gasteiger partial charge >= 0.3 is 6.61 Å². The van der Waals surface area contributed by atoms with E-state index in [2.05, 4.69) is 25.2 Å². The predicted molar refractivity (Wildman–Crippen MR) is 126 cm³/mol. The Bertz CT molecular complexity index is 1640. The highest BCUT2D eigenvalue weighted by molar-refractivity contribution is 7.92. The Labute approximate surface area is 209 Å². The largest absolute Gasteiger partial charge is 0.434 e. The average molecular weight is 528 g/mol. The molecule has 1 aliphatic rings. The van der Waals surface area contributed by atoms with E-state index in [0.717, 1.165) is 12.5 Å². The summed E-state index contributed by atoms with van der Waals surface area (Å²) in [6, 6.07) is 7.10. The molecule has 0 bridgehead atoms. The zero-order chi connectivity index (χ0) is 26.2. The lowest BCUT2D eigenvalue weighted by Gasteiger charge is -2.25. The van der Waals surface area contributed by atoms with Gasteiger partial charge in [0.05, 0.1) is 34.3 Å². The highest BCUT2D eigenvalue weighted by Gasteiger charge is 2.33. The molecule has 0 radical (unpaired) electrons. The van der Waals surface area contributed by atoms with Crippen LogP contribution in [0.15, 0.2) is 53.9 Å². The molecule has 0 aliphatic heterocycles. The summed E-state index contributed by atoms with van der Waals surface area (Å²) in [6.45, 7) is -3.41. The van der Waals surface area contributed by atoms with Gasteiger partial charge in [0.15, 0.2) is 15.5 Å². The minimum absolute atomic E-state index is 0.0469. The minimum Gasteiger partial charge on any atom is -0.434 e. The summed E-state index contributed by atoms with van der Waals surface area (Å²) in [5.41, 5.74) is 0.332. The van der Waals surface area contributed by atoms with Gasteiger partial charge in [0.25, 0.3) is 5.91 Å². The molecule has 190 valence electrons. The lowest BCUT2D eigenvalue weighted by molar-refractivity contribution is -0.0494. The van der Waals surface area contributed by atoms with Crippen LogP contribution in [0.5, 0.6) is 5.75 Å². The number of nitriles is 1. The summed E-state index contributed by atoms with van der Waals surface area (Å²) in [5, 5.41) is 19.6. The average Bonchev–Trinajstić information content (AvgIpc) is 3.42. The first kappa shape index (κ1) is 24.3. The maximum atomic E-state index is 13.2. The van der Waals surface area contributed by atoms with Crippen LogP contribution < -0.4 is 10.1 Å². The molecule has 1 aromatic carbocycles. The molecular formula is C23H19F2N7O4S. The number of alkyl halides is 2. The summed E-state index contributed by atoms with van der Waals surface area (Å²) in [4.78, 5) is 17.2. The summed E-state index contributed by atoms with van der Waals surface area (Å²) >= 11 is 0. The quantitative estimate of drug-likeness (QED) is 0.368. The van der Waals surface area contributed by atoms with Crippen LogP contribution in [0.25, 0.3) is 16.9 Å². The highest BCUT2D eigenvalue weighted by atomic mass is 32.2. The first-order valence-electron chi connectivity index (χ1n) is 11.1. The number of fused-ring (bicyclic) bond motifs is 1. The van der Waals surface area contributed by atoms with Gasteiger partial charge in [0.2, 0.25) is 0 Å². The van der Waals surface area contributed by atoms with Crippen LogP contribution in [0, 0.1) is 11.3 Å². The highest BCUT2D eigenvalue weighted by Crippen LogP contribution is 2.39. The Balaban J connectivity index is 1.60. The molecule has 0 saturated heterocycles. The standard InChI is InChI=1S/C23H19F2N7O4S/c24-23(25)36-19-6-5-15(37(34,35)14-3-1-4-14)11-16(19)20-18(13-31(30-20)10-7-26)29-22(33)17-12-28-32-9-2-8-27-21(17)32/h2,5-6,8-9,11-14,23H,1,3-4,10H2,(H,29,33). The number of ether oxygens (including phenoxy) is 1. The number of hydrogen-bond donors (Lipinski definition) is 1. The second-order valence-electron chi connectivity index (χ2n) is 8.28. The van der Waals surface area contributed by atoms with Crippen molar-refractivity contribution in [2.45, 2.75) is 42.6 Å². The summed E-state index contributed by atoms with van der Waals surface area (Å²) < 4.78 is 59.8. The van der Waals surface area contributed by atoms with Crippen molar-refractivity contribution in [2.24, 2.45) is 0 Å². The van der Waals surface area contributed by atoms with Crippen molar-refractivity contribution >= 4 is 27.1 Å². The summed E-state index contributed by atoms with van der Waals surface area (Å²) in [7, 11) is -3.71. The second-order valence-corrected chi connectivity index (χ2v) is 10.5. The fourth-order valence-corrected chi connectivity index (χ4v) is 5.86. The third-order valence-corrected chi connectivity index (χ3v) is 8.27. The number of halogens is 2. The molecule has 37 heavy (non-hydrogen) atoms. The van der Waals surface area contributed by atoms with E-state index in [9.17, 15) is 22.0 Å². The third-order valence-electron chi connectivity index (χ3n) is 6.01. The number of rotatable bonds is 8. The Hall–Kier alpha value is -4.38. The van der Waals surface area contributed by atoms with Crippen molar-refractivity contribution in [3.63, 3.8) is 0 Å². The van der Waals surface area contributed by atoms with Crippen molar-refractivity contribution in [2.75, 3.05) is 5.32 Å². The number of nitrogens with one attached hydrogen (secondary N) is 1. The van der Waals surface area contributed by atoms with Gasteiger partial charge in [0, 0.05) is 18.0 Å². The topological polar surface area (TPSA) is 144 Å². The van der Waals surface area contributed by atoms with E-state index in [4.69, 9.17) is 5.26 Å². The van der Waals surface area contributed by atoms with E-state index in [1.54, 1.807) is 12.3 Å². The van der Waals surface area contributed by atoms with Crippen molar-refractivity contribution < 1.29 is 26.7 Å².